The molecule has 4 heteroatoms. The Morgan fingerprint density at radius 2 is 1.60 bits per heavy atom. The van der Waals surface area contributed by atoms with E-state index in [-0.39, 0.29) is 13.2 Å². The fraction of sp³-hybridized carbons (Fsp3) is 0.188. The number of carboxylic acids is 1. The summed E-state index contributed by atoms with van der Waals surface area (Å²) in [5.74, 6) is -0.404. The van der Waals surface area contributed by atoms with Gasteiger partial charge in [-0.3, -0.25) is 0 Å². The standard InChI is InChI=1S/C16H16O4/c17-16(18)15(12-19-14-9-5-2-6-10-14)20-11-13-7-3-1-4-8-13/h1-10,15H,11-12H2,(H,17,18). The van der Waals surface area contributed by atoms with E-state index in [4.69, 9.17) is 14.6 Å². The molecule has 4 nitrogen and oxygen atoms in total. The highest BCUT2D eigenvalue weighted by atomic mass is 16.5. The van der Waals surface area contributed by atoms with E-state index in [1.165, 1.54) is 0 Å². The second-order valence-electron chi connectivity index (χ2n) is 4.25. The summed E-state index contributed by atoms with van der Waals surface area (Å²) in [6.45, 7) is 0.224. The van der Waals surface area contributed by atoms with Gasteiger partial charge in [-0.05, 0) is 17.7 Å². The predicted molar refractivity (Wildman–Crippen MR) is 74.6 cm³/mol. The first-order valence-electron chi connectivity index (χ1n) is 6.32. The Hall–Kier alpha value is -2.33. The van der Waals surface area contributed by atoms with Gasteiger partial charge in [0.1, 0.15) is 12.4 Å². The molecule has 2 rings (SSSR count). The van der Waals surface area contributed by atoms with Gasteiger partial charge in [0, 0.05) is 0 Å². The highest BCUT2D eigenvalue weighted by molar-refractivity contribution is 5.72. The zero-order valence-corrected chi connectivity index (χ0v) is 10.9. The fourth-order valence-electron chi connectivity index (χ4n) is 1.65. The van der Waals surface area contributed by atoms with Crippen LogP contribution in [0.3, 0.4) is 0 Å². The minimum atomic E-state index is -1.03. The van der Waals surface area contributed by atoms with Crippen LogP contribution in [0.15, 0.2) is 60.7 Å². The quantitative estimate of drug-likeness (QED) is 0.842. The van der Waals surface area contributed by atoms with Gasteiger partial charge in [0.25, 0.3) is 0 Å². The number of carboxylic acid groups (broad SMARTS) is 1. The molecule has 104 valence electrons. The fourth-order valence-corrected chi connectivity index (χ4v) is 1.65. The van der Waals surface area contributed by atoms with Gasteiger partial charge in [-0.15, -0.1) is 0 Å². The largest absolute Gasteiger partial charge is 0.490 e. The first-order valence-corrected chi connectivity index (χ1v) is 6.32. The number of hydrogen-bond acceptors (Lipinski definition) is 3. The van der Waals surface area contributed by atoms with Crippen LogP contribution in [-0.4, -0.2) is 23.8 Å². The lowest BCUT2D eigenvalue weighted by atomic mass is 10.2. The zero-order valence-electron chi connectivity index (χ0n) is 10.9. The van der Waals surface area contributed by atoms with Crippen molar-refractivity contribution >= 4 is 5.97 Å². The van der Waals surface area contributed by atoms with Gasteiger partial charge in [0.2, 0.25) is 0 Å². The summed E-state index contributed by atoms with van der Waals surface area (Å²) >= 11 is 0. The van der Waals surface area contributed by atoms with E-state index in [1.807, 2.05) is 48.5 Å². The third-order valence-corrected chi connectivity index (χ3v) is 2.71. The summed E-state index contributed by atoms with van der Waals surface area (Å²) in [7, 11) is 0. The van der Waals surface area contributed by atoms with E-state index in [0.29, 0.717) is 5.75 Å². The second kappa shape index (κ2) is 7.31. The van der Waals surface area contributed by atoms with Gasteiger partial charge in [-0.25, -0.2) is 4.79 Å². The third-order valence-electron chi connectivity index (χ3n) is 2.71. The highest BCUT2D eigenvalue weighted by Gasteiger charge is 2.19. The van der Waals surface area contributed by atoms with Crippen LogP contribution in [0.2, 0.25) is 0 Å². The van der Waals surface area contributed by atoms with Crippen molar-refractivity contribution in [3.8, 4) is 5.75 Å². The first-order chi connectivity index (χ1) is 9.75. The molecule has 0 aliphatic rings. The van der Waals surface area contributed by atoms with Crippen molar-refractivity contribution in [1.29, 1.82) is 0 Å². The lowest BCUT2D eigenvalue weighted by Gasteiger charge is -2.14. The summed E-state index contributed by atoms with van der Waals surface area (Å²) < 4.78 is 10.8. The topological polar surface area (TPSA) is 55.8 Å². The van der Waals surface area contributed by atoms with Gasteiger partial charge in [-0.2, -0.15) is 0 Å². The molecule has 0 saturated heterocycles. The summed E-state index contributed by atoms with van der Waals surface area (Å²) in [5.41, 5.74) is 0.929. The highest BCUT2D eigenvalue weighted by Crippen LogP contribution is 2.10. The molecule has 2 aromatic rings. The molecular weight excluding hydrogens is 256 g/mol. The Bertz CT molecular complexity index is 481. The van der Waals surface area contributed by atoms with Crippen molar-refractivity contribution in [3.63, 3.8) is 0 Å². The monoisotopic (exact) mass is 272 g/mol. The lowest BCUT2D eigenvalue weighted by Crippen LogP contribution is -2.30. The van der Waals surface area contributed by atoms with Crippen LogP contribution >= 0.6 is 0 Å². The number of hydrogen-bond donors (Lipinski definition) is 1. The molecule has 0 aliphatic carbocycles. The van der Waals surface area contributed by atoms with Gasteiger partial charge < -0.3 is 14.6 Å². The van der Waals surface area contributed by atoms with E-state index in [1.54, 1.807) is 12.1 Å². The summed E-state index contributed by atoms with van der Waals surface area (Å²) in [6, 6.07) is 18.5. The molecule has 2 aromatic carbocycles. The van der Waals surface area contributed by atoms with E-state index in [0.717, 1.165) is 5.56 Å². The number of para-hydroxylation sites is 1. The molecule has 1 atom stereocenters. The summed E-state index contributed by atoms with van der Waals surface area (Å²) in [5, 5.41) is 9.12. The Kier molecular flexibility index (Phi) is 5.15. The molecule has 0 heterocycles. The van der Waals surface area contributed by atoms with Crippen LogP contribution in [0.1, 0.15) is 5.56 Å². The molecule has 1 N–H and O–H groups in total. The Balaban J connectivity index is 1.86. The molecule has 1 unspecified atom stereocenters. The molecule has 0 saturated carbocycles. The molecule has 0 aliphatic heterocycles. The number of rotatable bonds is 7. The van der Waals surface area contributed by atoms with Crippen LogP contribution < -0.4 is 4.74 Å². The minimum absolute atomic E-state index is 0.0216. The summed E-state index contributed by atoms with van der Waals surface area (Å²) in [6.07, 6.45) is -0.990. The minimum Gasteiger partial charge on any atom is -0.490 e. The molecule has 0 spiro atoms. The van der Waals surface area contributed by atoms with Crippen LogP contribution in [0.25, 0.3) is 0 Å². The van der Waals surface area contributed by atoms with Crippen LogP contribution in [0.5, 0.6) is 5.75 Å². The molecule has 0 bridgehead atoms. The smallest absolute Gasteiger partial charge is 0.336 e. The molecule has 0 fully saturated rings. The molecular formula is C16H16O4. The van der Waals surface area contributed by atoms with E-state index < -0.39 is 12.1 Å². The normalized spacial score (nSPS) is 11.8. The Labute approximate surface area is 117 Å². The number of ether oxygens (including phenoxy) is 2. The molecule has 0 amide bonds. The van der Waals surface area contributed by atoms with Crippen molar-refractivity contribution in [3.05, 3.63) is 66.2 Å². The molecule has 20 heavy (non-hydrogen) atoms. The van der Waals surface area contributed by atoms with Crippen molar-refractivity contribution in [2.45, 2.75) is 12.7 Å². The second-order valence-corrected chi connectivity index (χ2v) is 4.25. The Morgan fingerprint density at radius 3 is 2.20 bits per heavy atom. The SMILES string of the molecule is O=C(O)C(COc1ccccc1)OCc1ccccc1. The first kappa shape index (κ1) is 14.1. The average Bonchev–Trinajstić information content (AvgIpc) is 2.49. The van der Waals surface area contributed by atoms with Crippen LogP contribution in [-0.2, 0) is 16.1 Å². The summed E-state index contributed by atoms with van der Waals surface area (Å²) in [4.78, 5) is 11.1. The van der Waals surface area contributed by atoms with E-state index >= 15 is 0 Å². The maximum Gasteiger partial charge on any atom is 0.336 e. The maximum absolute atomic E-state index is 11.1. The van der Waals surface area contributed by atoms with Gasteiger partial charge in [-0.1, -0.05) is 48.5 Å². The Morgan fingerprint density at radius 1 is 1.00 bits per heavy atom. The van der Waals surface area contributed by atoms with Crippen LogP contribution in [0.4, 0.5) is 0 Å². The van der Waals surface area contributed by atoms with E-state index in [2.05, 4.69) is 0 Å². The van der Waals surface area contributed by atoms with Crippen molar-refractivity contribution in [1.82, 2.24) is 0 Å². The van der Waals surface area contributed by atoms with Crippen molar-refractivity contribution in [2.24, 2.45) is 0 Å². The number of carbonyl (C=O) groups is 1. The number of benzene rings is 2. The number of aliphatic carboxylic acids is 1. The van der Waals surface area contributed by atoms with Crippen molar-refractivity contribution < 1.29 is 19.4 Å². The van der Waals surface area contributed by atoms with Crippen molar-refractivity contribution in [2.75, 3.05) is 6.61 Å². The van der Waals surface area contributed by atoms with Gasteiger partial charge >= 0.3 is 5.97 Å². The maximum atomic E-state index is 11.1. The predicted octanol–water partition coefficient (Wildman–Crippen LogP) is 2.74. The lowest BCUT2D eigenvalue weighted by molar-refractivity contribution is -0.153. The zero-order chi connectivity index (χ0) is 14.2. The van der Waals surface area contributed by atoms with Crippen LogP contribution in [0, 0.1) is 0 Å². The average molecular weight is 272 g/mol. The van der Waals surface area contributed by atoms with Gasteiger partial charge in [0.15, 0.2) is 6.10 Å². The van der Waals surface area contributed by atoms with E-state index in [9.17, 15) is 4.79 Å². The third kappa shape index (κ3) is 4.40. The molecule has 0 radical (unpaired) electrons. The molecule has 0 aromatic heterocycles. The van der Waals surface area contributed by atoms with Gasteiger partial charge in [0.05, 0.1) is 6.61 Å².